The molecule has 2 fully saturated rings. The number of nitriles is 1. The van der Waals surface area contributed by atoms with Crippen LogP contribution in [0.25, 0.3) is 0 Å². The minimum Gasteiger partial charge on any atom is -0.447 e. The van der Waals surface area contributed by atoms with Gasteiger partial charge < -0.3 is 25.0 Å². The van der Waals surface area contributed by atoms with Crippen LogP contribution in [0, 0.1) is 18.3 Å². The number of aryl methyl sites for hydroxylation is 1. The number of hydrogen-bond acceptors (Lipinski definition) is 7. The smallest absolute Gasteiger partial charge is 0.447 e. The molecule has 0 unspecified atom stereocenters. The molecule has 1 aromatic rings. The molecule has 2 aliphatic rings. The van der Waals surface area contributed by atoms with Crippen molar-refractivity contribution in [3.05, 3.63) is 47.0 Å². The molecule has 1 aromatic carbocycles. The second-order valence-electron chi connectivity index (χ2n) is 11.3. The number of nitrogens with zero attached hydrogens (tertiary/aromatic N) is 3. The number of likely N-dealkylation sites (tertiary alicyclic amines) is 2. The lowest BCUT2D eigenvalue weighted by Gasteiger charge is -2.34. The van der Waals surface area contributed by atoms with Crippen molar-refractivity contribution in [3.8, 4) is 6.07 Å². The Morgan fingerprint density at radius 2 is 1.95 bits per heavy atom. The highest BCUT2D eigenvalue weighted by Crippen LogP contribution is 2.33. The summed E-state index contributed by atoms with van der Waals surface area (Å²) in [7, 11) is -1.81. The van der Waals surface area contributed by atoms with Gasteiger partial charge >= 0.3 is 13.2 Å². The summed E-state index contributed by atoms with van der Waals surface area (Å²) in [6.07, 6.45) is 3.42. The Bertz CT molecular complexity index is 1110. The predicted molar refractivity (Wildman–Crippen MR) is 146 cm³/mol. The molecule has 218 valence electrons. The fourth-order valence-corrected chi connectivity index (χ4v) is 5.16. The fraction of sp³-hybridized carbons (Fsp3) is 0.607. The molecule has 0 aromatic heterocycles. The van der Waals surface area contributed by atoms with E-state index in [1.54, 1.807) is 18.7 Å². The summed E-state index contributed by atoms with van der Waals surface area (Å²) in [5.74, 6) is -4.34. The second kappa shape index (κ2) is 13.6. The summed E-state index contributed by atoms with van der Waals surface area (Å²) in [4.78, 5) is 29.2. The number of hydrogen-bond donors (Lipinski definition) is 3. The first-order valence-corrected chi connectivity index (χ1v) is 13.7. The molecule has 12 heteroatoms. The van der Waals surface area contributed by atoms with Crippen molar-refractivity contribution in [2.45, 2.75) is 82.7 Å². The van der Waals surface area contributed by atoms with Gasteiger partial charge in [-0.25, -0.2) is 13.6 Å². The highest BCUT2D eigenvalue weighted by molar-refractivity contribution is 6.43. The van der Waals surface area contributed by atoms with E-state index in [2.05, 4.69) is 5.32 Å². The van der Waals surface area contributed by atoms with Gasteiger partial charge in [0.15, 0.2) is 0 Å². The van der Waals surface area contributed by atoms with Gasteiger partial charge in [-0.05, 0) is 51.7 Å². The van der Waals surface area contributed by atoms with Crippen LogP contribution in [0.3, 0.4) is 0 Å². The number of carbonyl (C=O) groups is 2. The predicted octanol–water partition coefficient (Wildman–Crippen LogP) is 2.99. The zero-order valence-corrected chi connectivity index (χ0v) is 23.4. The van der Waals surface area contributed by atoms with Crippen LogP contribution in [-0.2, 0) is 16.0 Å². The van der Waals surface area contributed by atoms with Crippen molar-refractivity contribution >= 4 is 19.1 Å². The van der Waals surface area contributed by atoms with Gasteiger partial charge in [0.05, 0.1) is 18.5 Å². The highest BCUT2D eigenvalue weighted by atomic mass is 19.3. The third-order valence-corrected chi connectivity index (χ3v) is 7.62. The second-order valence-corrected chi connectivity index (χ2v) is 11.3. The van der Waals surface area contributed by atoms with Crippen LogP contribution >= 0.6 is 0 Å². The van der Waals surface area contributed by atoms with Gasteiger partial charge in [0, 0.05) is 25.0 Å². The number of ether oxygens (including phenoxy) is 1. The third-order valence-electron chi connectivity index (χ3n) is 7.62. The monoisotopic (exact) mass is 560 g/mol. The molecule has 2 atom stereocenters. The van der Waals surface area contributed by atoms with Crippen molar-refractivity contribution in [2.75, 3.05) is 26.2 Å². The standard InChI is InChI=1S/C28H39BF2N4O5/c1-20-8-10-21(11-9-20)15-24(29(38)39)33-26(37)40-18-23-7-5-4-6-13-35(23)25(36)22(17-32)16-27(2,3)34-14-12-28(30,31)19-34/h8-11,16,23-24,38-39H,4-7,12-15,18-19H2,1-3H3,(H,33,37)/b22-16+/t23-,24+/m1/s1. The van der Waals surface area contributed by atoms with Crippen LogP contribution in [0.2, 0.25) is 0 Å². The topological polar surface area (TPSA) is 126 Å². The van der Waals surface area contributed by atoms with Gasteiger partial charge in [-0.15, -0.1) is 0 Å². The number of amides is 2. The van der Waals surface area contributed by atoms with E-state index in [-0.39, 0.29) is 31.6 Å². The molecule has 0 bridgehead atoms. The molecule has 3 rings (SSSR count). The lowest BCUT2D eigenvalue weighted by Crippen LogP contribution is -2.49. The lowest BCUT2D eigenvalue weighted by atomic mass is 9.76. The zero-order valence-electron chi connectivity index (χ0n) is 23.4. The molecular formula is C28H39BF2N4O5. The van der Waals surface area contributed by atoms with E-state index in [9.17, 15) is 33.7 Å². The summed E-state index contributed by atoms with van der Waals surface area (Å²) in [5, 5.41) is 31.9. The molecule has 40 heavy (non-hydrogen) atoms. The van der Waals surface area contributed by atoms with Crippen LogP contribution < -0.4 is 5.32 Å². The fourth-order valence-electron chi connectivity index (χ4n) is 5.16. The highest BCUT2D eigenvalue weighted by Gasteiger charge is 2.43. The summed E-state index contributed by atoms with van der Waals surface area (Å²) < 4.78 is 33.0. The zero-order chi connectivity index (χ0) is 29.5. The van der Waals surface area contributed by atoms with Gasteiger partial charge in [0.2, 0.25) is 0 Å². The maximum atomic E-state index is 13.8. The molecule has 0 saturated carbocycles. The van der Waals surface area contributed by atoms with Crippen molar-refractivity contribution in [3.63, 3.8) is 0 Å². The van der Waals surface area contributed by atoms with E-state index in [0.717, 1.165) is 24.0 Å². The number of alkyl halides is 2. The minimum absolute atomic E-state index is 0.141. The molecule has 0 radical (unpaired) electrons. The van der Waals surface area contributed by atoms with Gasteiger partial charge in [-0.1, -0.05) is 42.7 Å². The Labute approximate surface area is 234 Å². The van der Waals surface area contributed by atoms with E-state index in [1.807, 2.05) is 37.3 Å². The molecule has 0 aliphatic carbocycles. The first kappa shape index (κ1) is 31.5. The molecule has 3 N–H and O–H groups in total. The van der Waals surface area contributed by atoms with Crippen LogP contribution in [0.1, 0.15) is 57.1 Å². The molecular weight excluding hydrogens is 521 g/mol. The summed E-state index contributed by atoms with van der Waals surface area (Å²) >= 11 is 0. The SMILES string of the molecule is Cc1ccc(C[C@H](NC(=O)OC[C@H]2CCCCCN2C(=O)/C(C#N)=C/C(C)(C)N2CCC(F)(F)C2)B(O)O)cc1. The lowest BCUT2D eigenvalue weighted by molar-refractivity contribution is -0.129. The number of carbonyl (C=O) groups excluding carboxylic acids is 2. The van der Waals surface area contributed by atoms with Crippen LogP contribution in [0.5, 0.6) is 0 Å². The number of nitrogens with one attached hydrogen (secondary N) is 1. The van der Waals surface area contributed by atoms with Crippen LogP contribution in [-0.4, -0.2) is 88.7 Å². The Hall–Kier alpha value is -3.01. The average Bonchev–Trinajstić information content (AvgIpc) is 3.12. The Balaban J connectivity index is 1.66. The van der Waals surface area contributed by atoms with E-state index in [4.69, 9.17) is 4.74 Å². The average molecular weight is 560 g/mol. The maximum absolute atomic E-state index is 13.8. The molecule has 2 saturated heterocycles. The van der Waals surface area contributed by atoms with Gasteiger partial charge in [0.25, 0.3) is 11.8 Å². The van der Waals surface area contributed by atoms with Gasteiger partial charge in [-0.3, -0.25) is 9.69 Å². The minimum atomic E-state index is -2.80. The van der Waals surface area contributed by atoms with Crippen LogP contribution in [0.4, 0.5) is 13.6 Å². The first-order valence-electron chi connectivity index (χ1n) is 13.7. The van der Waals surface area contributed by atoms with Crippen LogP contribution in [0.15, 0.2) is 35.9 Å². The number of rotatable bonds is 9. The van der Waals surface area contributed by atoms with Crippen molar-refractivity contribution < 1.29 is 33.2 Å². The van der Waals surface area contributed by atoms with Crippen molar-refractivity contribution in [1.82, 2.24) is 15.1 Å². The number of alkyl carbamates (subject to hydrolysis) is 1. The first-order chi connectivity index (χ1) is 18.8. The Morgan fingerprint density at radius 3 is 2.55 bits per heavy atom. The van der Waals surface area contributed by atoms with E-state index < -0.39 is 49.1 Å². The van der Waals surface area contributed by atoms with Gasteiger partial charge in [0.1, 0.15) is 18.2 Å². The van der Waals surface area contributed by atoms with E-state index >= 15 is 0 Å². The third kappa shape index (κ3) is 8.75. The molecule has 2 amide bonds. The van der Waals surface area contributed by atoms with E-state index in [1.165, 1.54) is 11.0 Å². The Morgan fingerprint density at radius 1 is 1.25 bits per heavy atom. The largest absolute Gasteiger partial charge is 0.475 e. The summed E-state index contributed by atoms with van der Waals surface area (Å²) in [5.41, 5.74) is 0.782. The van der Waals surface area contributed by atoms with Crippen molar-refractivity contribution in [1.29, 1.82) is 5.26 Å². The summed E-state index contributed by atoms with van der Waals surface area (Å²) in [6.45, 7) is 5.28. The van der Waals surface area contributed by atoms with Crippen molar-refractivity contribution in [2.24, 2.45) is 0 Å². The molecule has 0 spiro atoms. The quantitative estimate of drug-likeness (QED) is 0.241. The summed E-state index contributed by atoms with van der Waals surface area (Å²) in [6, 6.07) is 8.90. The number of benzene rings is 1. The molecule has 2 heterocycles. The van der Waals surface area contributed by atoms with Gasteiger partial charge in [-0.2, -0.15) is 5.26 Å². The van der Waals surface area contributed by atoms with E-state index in [0.29, 0.717) is 19.4 Å². The molecule has 2 aliphatic heterocycles. The number of halogens is 2. The Kier molecular flexibility index (Phi) is 10.7. The molecule has 9 nitrogen and oxygen atoms in total. The normalized spacial score (nSPS) is 20.8. The maximum Gasteiger partial charge on any atom is 0.475 e.